The van der Waals surface area contributed by atoms with E-state index >= 15 is 0 Å². The zero-order valence-corrected chi connectivity index (χ0v) is 14.7. The average molecular weight is 346 g/mol. The van der Waals surface area contributed by atoms with Gasteiger partial charge in [0.25, 0.3) is 5.91 Å². The van der Waals surface area contributed by atoms with E-state index in [0.717, 1.165) is 19.1 Å². The van der Waals surface area contributed by atoms with Gasteiger partial charge in [0.2, 0.25) is 10.0 Å². The second-order valence-electron chi connectivity index (χ2n) is 5.80. The molecule has 0 aliphatic carbocycles. The van der Waals surface area contributed by atoms with E-state index in [9.17, 15) is 13.2 Å². The van der Waals surface area contributed by atoms with E-state index in [1.165, 1.54) is 17.2 Å². The van der Waals surface area contributed by atoms with Gasteiger partial charge in [-0.1, -0.05) is 35.9 Å². The molecule has 2 aromatic carbocycles. The second kappa shape index (κ2) is 7.97. The van der Waals surface area contributed by atoms with Gasteiger partial charge in [-0.05, 0) is 43.5 Å². The SMILES string of the molecule is Cc1ccc(CCCNC(=O)c2cccc(NS(C)(=O)=O)c2)cc1. The number of carbonyl (C=O) groups is 1. The van der Waals surface area contributed by atoms with Crippen molar-refractivity contribution in [3.05, 3.63) is 65.2 Å². The summed E-state index contributed by atoms with van der Waals surface area (Å²) in [5.41, 5.74) is 3.28. The molecule has 6 heteroatoms. The Balaban J connectivity index is 1.84. The van der Waals surface area contributed by atoms with Crippen LogP contribution in [0.3, 0.4) is 0 Å². The Labute approximate surface area is 143 Å². The first kappa shape index (κ1) is 18.0. The Morgan fingerprint density at radius 1 is 1.08 bits per heavy atom. The maximum absolute atomic E-state index is 12.1. The minimum Gasteiger partial charge on any atom is -0.352 e. The summed E-state index contributed by atoms with van der Waals surface area (Å²) < 4.78 is 24.8. The summed E-state index contributed by atoms with van der Waals surface area (Å²) in [7, 11) is -3.36. The van der Waals surface area contributed by atoms with Crippen LogP contribution in [0.1, 0.15) is 27.9 Å². The number of hydrogen-bond donors (Lipinski definition) is 2. The van der Waals surface area contributed by atoms with Crippen molar-refractivity contribution >= 4 is 21.6 Å². The molecule has 0 unspecified atom stereocenters. The third-order valence-corrected chi connectivity index (χ3v) is 4.08. The number of amides is 1. The van der Waals surface area contributed by atoms with Crippen LogP contribution in [-0.4, -0.2) is 27.1 Å². The van der Waals surface area contributed by atoms with Gasteiger partial charge >= 0.3 is 0 Å². The van der Waals surface area contributed by atoms with Gasteiger partial charge in [-0.15, -0.1) is 0 Å². The molecule has 2 N–H and O–H groups in total. The summed E-state index contributed by atoms with van der Waals surface area (Å²) in [6.45, 7) is 2.62. The van der Waals surface area contributed by atoms with Crippen LogP contribution in [0.4, 0.5) is 5.69 Å². The highest BCUT2D eigenvalue weighted by atomic mass is 32.2. The zero-order chi connectivity index (χ0) is 17.6. The zero-order valence-electron chi connectivity index (χ0n) is 13.9. The predicted molar refractivity (Wildman–Crippen MR) is 96.7 cm³/mol. The maximum atomic E-state index is 12.1. The van der Waals surface area contributed by atoms with Crippen LogP contribution in [0.2, 0.25) is 0 Å². The van der Waals surface area contributed by atoms with Gasteiger partial charge in [-0.3, -0.25) is 9.52 Å². The number of anilines is 1. The van der Waals surface area contributed by atoms with Crippen molar-refractivity contribution in [1.29, 1.82) is 0 Å². The molecule has 0 aromatic heterocycles. The standard InChI is InChI=1S/C18H22N2O3S/c1-14-8-10-15(11-9-14)5-4-12-19-18(21)16-6-3-7-17(13-16)20-24(2,22)23/h3,6-11,13,20H,4-5,12H2,1-2H3,(H,19,21). The van der Waals surface area contributed by atoms with E-state index in [-0.39, 0.29) is 5.91 Å². The van der Waals surface area contributed by atoms with Gasteiger partial charge in [0, 0.05) is 17.8 Å². The fraction of sp³-hybridized carbons (Fsp3) is 0.278. The lowest BCUT2D eigenvalue weighted by Crippen LogP contribution is -2.25. The van der Waals surface area contributed by atoms with E-state index in [2.05, 4.69) is 41.2 Å². The van der Waals surface area contributed by atoms with Crippen molar-refractivity contribution in [2.75, 3.05) is 17.5 Å². The van der Waals surface area contributed by atoms with Crippen molar-refractivity contribution in [1.82, 2.24) is 5.32 Å². The fourth-order valence-electron chi connectivity index (χ4n) is 2.29. The van der Waals surface area contributed by atoms with E-state index in [1.807, 2.05) is 0 Å². The van der Waals surface area contributed by atoms with Crippen LogP contribution in [0, 0.1) is 6.92 Å². The van der Waals surface area contributed by atoms with Gasteiger partial charge in [-0.2, -0.15) is 0 Å². The molecule has 5 nitrogen and oxygen atoms in total. The van der Waals surface area contributed by atoms with Crippen molar-refractivity contribution in [3.8, 4) is 0 Å². The Kier molecular flexibility index (Phi) is 5.98. The smallest absolute Gasteiger partial charge is 0.251 e. The molecule has 0 heterocycles. The molecule has 0 fully saturated rings. The van der Waals surface area contributed by atoms with Crippen molar-refractivity contribution in [3.63, 3.8) is 0 Å². The van der Waals surface area contributed by atoms with Gasteiger partial charge < -0.3 is 5.32 Å². The molecule has 128 valence electrons. The lowest BCUT2D eigenvalue weighted by Gasteiger charge is -2.08. The molecule has 0 saturated heterocycles. The van der Waals surface area contributed by atoms with E-state index in [1.54, 1.807) is 18.2 Å². The van der Waals surface area contributed by atoms with E-state index in [0.29, 0.717) is 17.8 Å². The quantitative estimate of drug-likeness (QED) is 0.757. The number of benzene rings is 2. The van der Waals surface area contributed by atoms with E-state index in [4.69, 9.17) is 0 Å². The number of rotatable bonds is 7. The molecule has 1 amide bonds. The second-order valence-corrected chi connectivity index (χ2v) is 7.55. The monoisotopic (exact) mass is 346 g/mol. The van der Waals surface area contributed by atoms with Crippen LogP contribution >= 0.6 is 0 Å². The van der Waals surface area contributed by atoms with Crippen molar-refractivity contribution < 1.29 is 13.2 Å². The van der Waals surface area contributed by atoms with Gasteiger partial charge in [0.05, 0.1) is 6.26 Å². The number of carbonyl (C=O) groups excluding carboxylic acids is 1. The normalized spacial score (nSPS) is 11.1. The molecule has 0 bridgehead atoms. The summed E-state index contributed by atoms with van der Waals surface area (Å²) in [5, 5.41) is 2.85. The Bertz CT molecular complexity index is 799. The molecule has 2 aromatic rings. The van der Waals surface area contributed by atoms with Gasteiger partial charge in [0.1, 0.15) is 0 Å². The molecular formula is C18H22N2O3S. The number of aryl methyl sites for hydroxylation is 2. The highest BCUT2D eigenvalue weighted by Crippen LogP contribution is 2.12. The average Bonchev–Trinajstić information content (AvgIpc) is 2.51. The predicted octanol–water partition coefficient (Wildman–Crippen LogP) is 2.73. The molecular weight excluding hydrogens is 324 g/mol. The number of sulfonamides is 1. The topological polar surface area (TPSA) is 75.3 Å². The molecule has 0 saturated carbocycles. The number of hydrogen-bond acceptors (Lipinski definition) is 3. The lowest BCUT2D eigenvalue weighted by molar-refractivity contribution is 0.0953. The Morgan fingerprint density at radius 3 is 2.46 bits per heavy atom. The van der Waals surface area contributed by atoms with Crippen molar-refractivity contribution in [2.45, 2.75) is 19.8 Å². The fourth-order valence-corrected chi connectivity index (χ4v) is 2.84. The third-order valence-electron chi connectivity index (χ3n) is 3.48. The molecule has 0 radical (unpaired) electrons. The van der Waals surface area contributed by atoms with Gasteiger partial charge in [0.15, 0.2) is 0 Å². The van der Waals surface area contributed by atoms with Crippen LogP contribution in [-0.2, 0) is 16.4 Å². The lowest BCUT2D eigenvalue weighted by atomic mass is 10.1. The molecule has 0 aliphatic rings. The first-order valence-electron chi connectivity index (χ1n) is 7.75. The van der Waals surface area contributed by atoms with Crippen molar-refractivity contribution in [2.24, 2.45) is 0 Å². The van der Waals surface area contributed by atoms with Crippen LogP contribution in [0.25, 0.3) is 0 Å². The largest absolute Gasteiger partial charge is 0.352 e. The summed E-state index contributed by atoms with van der Waals surface area (Å²) in [6.07, 6.45) is 2.82. The highest BCUT2D eigenvalue weighted by Gasteiger charge is 2.07. The van der Waals surface area contributed by atoms with Gasteiger partial charge in [-0.25, -0.2) is 8.42 Å². The first-order chi connectivity index (χ1) is 11.3. The summed E-state index contributed by atoms with van der Waals surface area (Å²) in [5.74, 6) is -0.212. The molecule has 0 spiro atoms. The maximum Gasteiger partial charge on any atom is 0.251 e. The molecule has 0 aliphatic heterocycles. The first-order valence-corrected chi connectivity index (χ1v) is 9.64. The number of nitrogens with one attached hydrogen (secondary N) is 2. The minimum absolute atomic E-state index is 0.212. The third kappa shape index (κ3) is 6.04. The molecule has 24 heavy (non-hydrogen) atoms. The van der Waals surface area contributed by atoms with Crippen LogP contribution < -0.4 is 10.0 Å². The highest BCUT2D eigenvalue weighted by molar-refractivity contribution is 7.92. The van der Waals surface area contributed by atoms with E-state index < -0.39 is 10.0 Å². The molecule has 0 atom stereocenters. The Morgan fingerprint density at radius 2 is 1.79 bits per heavy atom. The van der Waals surface area contributed by atoms with Crippen LogP contribution in [0.5, 0.6) is 0 Å². The summed E-state index contributed by atoms with van der Waals surface area (Å²) >= 11 is 0. The molecule has 2 rings (SSSR count). The summed E-state index contributed by atoms with van der Waals surface area (Å²) in [6, 6.07) is 14.8. The Hall–Kier alpha value is -2.34. The summed E-state index contributed by atoms with van der Waals surface area (Å²) in [4.78, 5) is 12.1. The van der Waals surface area contributed by atoms with Crippen LogP contribution in [0.15, 0.2) is 48.5 Å². The minimum atomic E-state index is -3.36.